The van der Waals surface area contributed by atoms with E-state index in [4.69, 9.17) is 4.74 Å². The predicted octanol–water partition coefficient (Wildman–Crippen LogP) is 3.26. The van der Waals surface area contributed by atoms with Crippen LogP contribution in [-0.4, -0.2) is 27.3 Å². The van der Waals surface area contributed by atoms with E-state index in [1.165, 1.54) is 0 Å². The fraction of sp³-hybridized carbons (Fsp3) is 0.571. The van der Waals surface area contributed by atoms with Crippen LogP contribution in [0.2, 0.25) is 0 Å². The third-order valence-corrected chi connectivity index (χ3v) is 3.21. The van der Waals surface area contributed by atoms with Crippen molar-refractivity contribution >= 4 is 17.7 Å². The molecule has 0 bridgehead atoms. The van der Waals surface area contributed by atoms with Crippen LogP contribution in [0.1, 0.15) is 56.4 Å². The van der Waals surface area contributed by atoms with Gasteiger partial charge in [-0.1, -0.05) is 0 Å². The molecular weight excluding hydrogens is 260 g/mol. The van der Waals surface area contributed by atoms with Crippen molar-refractivity contribution in [3.63, 3.8) is 0 Å². The number of hydrogen-bond donors (Lipinski definition) is 2. The maximum absolute atomic E-state index is 11.7. The van der Waals surface area contributed by atoms with Gasteiger partial charge in [0.05, 0.1) is 5.69 Å². The molecule has 1 amide bonds. The summed E-state index contributed by atoms with van der Waals surface area (Å²) < 4.78 is 6.99. The van der Waals surface area contributed by atoms with Crippen molar-refractivity contribution in [3.05, 3.63) is 18.0 Å². The molecule has 1 aliphatic rings. The van der Waals surface area contributed by atoms with Gasteiger partial charge in [0, 0.05) is 18.4 Å². The van der Waals surface area contributed by atoms with Crippen LogP contribution in [-0.2, 0) is 4.74 Å². The monoisotopic (exact) mass is 280 g/mol. The molecule has 6 heteroatoms. The average molecular weight is 280 g/mol. The average Bonchev–Trinajstić information content (AvgIpc) is 2.55. The number of carboxylic acids is 1. The summed E-state index contributed by atoms with van der Waals surface area (Å²) in [5.41, 5.74) is -0.259. The zero-order chi connectivity index (χ0) is 14.9. The molecule has 6 nitrogen and oxygen atoms in total. The highest BCUT2D eigenvalue weighted by Crippen LogP contribution is 2.34. The fourth-order valence-electron chi connectivity index (χ4n) is 2.05. The van der Waals surface area contributed by atoms with Gasteiger partial charge in [-0.25, -0.2) is 9.59 Å². The third kappa shape index (κ3) is 3.31. The first-order valence-corrected chi connectivity index (χ1v) is 6.71. The molecule has 1 fully saturated rings. The van der Waals surface area contributed by atoms with E-state index in [0.29, 0.717) is 6.04 Å². The van der Waals surface area contributed by atoms with Crippen molar-refractivity contribution in [2.24, 2.45) is 0 Å². The highest BCUT2D eigenvalue weighted by atomic mass is 16.6. The van der Waals surface area contributed by atoms with Crippen LogP contribution in [0.5, 0.6) is 0 Å². The van der Waals surface area contributed by atoms with E-state index in [1.54, 1.807) is 33.2 Å². The van der Waals surface area contributed by atoms with Crippen molar-refractivity contribution < 1.29 is 19.4 Å². The number of aromatic carboxylic acids is 1. The van der Waals surface area contributed by atoms with E-state index in [-0.39, 0.29) is 11.3 Å². The Kier molecular flexibility index (Phi) is 3.74. The van der Waals surface area contributed by atoms with E-state index in [1.807, 2.05) is 4.57 Å². The van der Waals surface area contributed by atoms with E-state index in [2.05, 4.69) is 5.32 Å². The van der Waals surface area contributed by atoms with Crippen LogP contribution >= 0.6 is 0 Å². The van der Waals surface area contributed by atoms with Crippen LogP contribution < -0.4 is 5.32 Å². The largest absolute Gasteiger partial charge is 0.478 e. The van der Waals surface area contributed by atoms with Gasteiger partial charge < -0.3 is 14.4 Å². The van der Waals surface area contributed by atoms with Crippen molar-refractivity contribution in [2.75, 3.05) is 5.32 Å². The number of hydrogen-bond acceptors (Lipinski definition) is 3. The SMILES string of the molecule is CC(C)(C)OC(=O)Nc1cn(C2CCC2)cc1C(=O)O. The molecule has 0 aliphatic heterocycles. The van der Waals surface area contributed by atoms with Gasteiger partial charge in [0.25, 0.3) is 0 Å². The molecule has 2 rings (SSSR count). The first-order chi connectivity index (χ1) is 9.26. The standard InChI is InChI=1S/C14H20N2O4/c1-14(2,3)20-13(19)15-11-8-16(9-5-4-6-9)7-10(11)12(17)18/h7-9H,4-6H2,1-3H3,(H,15,19)(H,17,18). The Bertz CT molecular complexity index is 524. The molecule has 1 aromatic heterocycles. The lowest BCUT2D eigenvalue weighted by Crippen LogP contribution is -2.27. The molecule has 20 heavy (non-hydrogen) atoms. The number of carbonyl (C=O) groups is 2. The topological polar surface area (TPSA) is 80.6 Å². The van der Waals surface area contributed by atoms with Gasteiger partial charge >= 0.3 is 12.1 Å². The summed E-state index contributed by atoms with van der Waals surface area (Å²) in [7, 11) is 0. The number of aromatic nitrogens is 1. The number of carboxylic acid groups (broad SMARTS) is 1. The van der Waals surface area contributed by atoms with Gasteiger partial charge in [-0.3, -0.25) is 5.32 Å². The lowest BCUT2D eigenvalue weighted by atomic mass is 9.93. The lowest BCUT2D eigenvalue weighted by Gasteiger charge is -2.26. The second-order valence-corrected chi connectivity index (χ2v) is 6.05. The molecule has 0 atom stereocenters. The van der Waals surface area contributed by atoms with E-state index in [9.17, 15) is 14.7 Å². The summed E-state index contributed by atoms with van der Waals surface area (Å²) in [5.74, 6) is -1.06. The molecule has 1 heterocycles. The smallest absolute Gasteiger partial charge is 0.412 e. The lowest BCUT2D eigenvalue weighted by molar-refractivity contribution is 0.0636. The predicted molar refractivity (Wildman–Crippen MR) is 74.1 cm³/mol. The summed E-state index contributed by atoms with van der Waals surface area (Å²) >= 11 is 0. The minimum atomic E-state index is -1.06. The summed E-state index contributed by atoms with van der Waals surface area (Å²) in [6.07, 6.45) is 5.82. The number of amides is 1. The maximum atomic E-state index is 11.7. The highest BCUT2D eigenvalue weighted by Gasteiger charge is 2.24. The summed E-state index contributed by atoms with van der Waals surface area (Å²) in [4.78, 5) is 23.0. The van der Waals surface area contributed by atoms with Gasteiger partial charge in [0.15, 0.2) is 0 Å². The van der Waals surface area contributed by atoms with Crippen molar-refractivity contribution in [1.82, 2.24) is 4.57 Å². The number of anilines is 1. The Hall–Kier alpha value is -1.98. The third-order valence-electron chi connectivity index (χ3n) is 3.21. The summed E-state index contributed by atoms with van der Waals surface area (Å²) in [6.45, 7) is 5.26. The van der Waals surface area contributed by atoms with Crippen LogP contribution in [0, 0.1) is 0 Å². The van der Waals surface area contributed by atoms with Crippen molar-refractivity contribution in [1.29, 1.82) is 0 Å². The van der Waals surface area contributed by atoms with Gasteiger partial charge in [-0.15, -0.1) is 0 Å². The summed E-state index contributed by atoms with van der Waals surface area (Å²) in [6, 6.07) is 0.335. The van der Waals surface area contributed by atoms with Crippen LogP contribution in [0.3, 0.4) is 0 Å². The van der Waals surface area contributed by atoms with Gasteiger partial charge in [0.2, 0.25) is 0 Å². The second-order valence-electron chi connectivity index (χ2n) is 6.05. The molecule has 0 unspecified atom stereocenters. The van der Waals surface area contributed by atoms with Crippen LogP contribution in [0.15, 0.2) is 12.4 Å². The Morgan fingerprint density at radius 3 is 2.45 bits per heavy atom. The number of rotatable bonds is 3. The Morgan fingerprint density at radius 2 is 2.00 bits per heavy atom. The zero-order valence-corrected chi connectivity index (χ0v) is 12.0. The molecule has 1 aromatic rings. The number of nitrogens with zero attached hydrogens (tertiary/aromatic N) is 1. The molecular formula is C14H20N2O4. The fourth-order valence-corrected chi connectivity index (χ4v) is 2.05. The number of nitrogens with one attached hydrogen (secondary N) is 1. The van der Waals surface area contributed by atoms with Crippen LogP contribution in [0.4, 0.5) is 10.5 Å². The Morgan fingerprint density at radius 1 is 1.35 bits per heavy atom. The first kappa shape index (κ1) is 14.4. The Labute approximate surface area is 117 Å². The van der Waals surface area contributed by atoms with Crippen molar-refractivity contribution in [2.45, 2.75) is 51.7 Å². The minimum Gasteiger partial charge on any atom is -0.478 e. The molecule has 2 N–H and O–H groups in total. The molecule has 110 valence electrons. The molecule has 1 saturated carbocycles. The van der Waals surface area contributed by atoms with Gasteiger partial charge in [-0.05, 0) is 40.0 Å². The highest BCUT2D eigenvalue weighted by molar-refractivity contribution is 5.98. The normalized spacial score (nSPS) is 15.6. The zero-order valence-electron chi connectivity index (χ0n) is 12.0. The van der Waals surface area contributed by atoms with Gasteiger partial charge in [-0.2, -0.15) is 0 Å². The second kappa shape index (κ2) is 5.19. The number of ether oxygens (including phenoxy) is 1. The molecule has 0 aromatic carbocycles. The van der Waals surface area contributed by atoms with E-state index < -0.39 is 17.7 Å². The molecule has 0 radical (unpaired) electrons. The number of carbonyl (C=O) groups excluding carboxylic acids is 1. The molecule has 1 aliphatic carbocycles. The quantitative estimate of drug-likeness (QED) is 0.890. The minimum absolute atomic E-state index is 0.0859. The van der Waals surface area contributed by atoms with E-state index in [0.717, 1.165) is 19.3 Å². The molecule has 0 spiro atoms. The molecule has 0 saturated heterocycles. The van der Waals surface area contributed by atoms with Crippen LogP contribution in [0.25, 0.3) is 0 Å². The Balaban J connectivity index is 2.15. The van der Waals surface area contributed by atoms with Gasteiger partial charge in [0.1, 0.15) is 11.2 Å². The maximum Gasteiger partial charge on any atom is 0.412 e. The summed E-state index contributed by atoms with van der Waals surface area (Å²) in [5, 5.41) is 11.7. The first-order valence-electron chi connectivity index (χ1n) is 6.71. The van der Waals surface area contributed by atoms with E-state index >= 15 is 0 Å². The van der Waals surface area contributed by atoms with Crippen molar-refractivity contribution in [3.8, 4) is 0 Å².